The minimum Gasteiger partial charge on any atom is -0.350 e. The summed E-state index contributed by atoms with van der Waals surface area (Å²) in [6.07, 6.45) is 1.88. The highest BCUT2D eigenvalue weighted by atomic mass is 32.2. The molecule has 37 heavy (non-hydrogen) atoms. The molecule has 204 valence electrons. The predicted molar refractivity (Wildman–Crippen MR) is 146 cm³/mol. The molecule has 2 aromatic carbocycles. The Morgan fingerprint density at radius 3 is 2.22 bits per heavy atom. The standard InChI is InChI=1S/C28H40FN3O4S/c1-8-24(27(34)30-28(4,5)6)31(19-22-14-16-23(29)17-15-22)26(33)13-10-18-32(37(7,35)36)25-12-9-11-20(2)21(25)3/h9,11-12,14-17,24H,8,10,13,18-19H2,1-7H3,(H,30,34)/t24-/m1/s1. The molecule has 7 nitrogen and oxygen atoms in total. The van der Waals surface area contributed by atoms with Gasteiger partial charge in [-0.2, -0.15) is 0 Å². The van der Waals surface area contributed by atoms with Crippen molar-refractivity contribution in [2.45, 2.75) is 78.9 Å². The maximum atomic E-state index is 13.5. The van der Waals surface area contributed by atoms with Gasteiger partial charge in [0.1, 0.15) is 11.9 Å². The van der Waals surface area contributed by atoms with Crippen LogP contribution in [0.2, 0.25) is 0 Å². The molecular formula is C28H40FN3O4S. The Kier molecular flexibility index (Phi) is 10.3. The molecule has 0 aliphatic heterocycles. The number of hydrogen-bond acceptors (Lipinski definition) is 4. The largest absolute Gasteiger partial charge is 0.350 e. The molecule has 0 saturated carbocycles. The number of benzene rings is 2. The number of nitrogens with zero attached hydrogens (tertiary/aromatic N) is 2. The maximum absolute atomic E-state index is 13.5. The van der Waals surface area contributed by atoms with Crippen molar-refractivity contribution in [3.8, 4) is 0 Å². The number of halogens is 1. The van der Waals surface area contributed by atoms with Gasteiger partial charge < -0.3 is 10.2 Å². The number of hydrogen-bond donors (Lipinski definition) is 1. The molecular weight excluding hydrogens is 493 g/mol. The van der Waals surface area contributed by atoms with Crippen molar-refractivity contribution in [3.63, 3.8) is 0 Å². The van der Waals surface area contributed by atoms with E-state index in [1.165, 1.54) is 21.3 Å². The van der Waals surface area contributed by atoms with E-state index in [0.717, 1.165) is 17.4 Å². The lowest BCUT2D eigenvalue weighted by Gasteiger charge is -2.33. The Balaban J connectivity index is 2.27. The molecule has 0 spiro atoms. The fraction of sp³-hybridized carbons (Fsp3) is 0.500. The van der Waals surface area contributed by atoms with Gasteiger partial charge >= 0.3 is 0 Å². The van der Waals surface area contributed by atoms with Crippen LogP contribution in [0.25, 0.3) is 0 Å². The summed E-state index contributed by atoms with van der Waals surface area (Å²) in [6, 6.07) is 10.6. The second-order valence-corrected chi connectivity index (χ2v) is 12.4. The lowest BCUT2D eigenvalue weighted by atomic mass is 10.0. The summed E-state index contributed by atoms with van der Waals surface area (Å²) >= 11 is 0. The summed E-state index contributed by atoms with van der Waals surface area (Å²) < 4.78 is 40.0. The van der Waals surface area contributed by atoms with E-state index in [2.05, 4.69) is 5.32 Å². The van der Waals surface area contributed by atoms with Crippen LogP contribution in [-0.2, 0) is 26.2 Å². The number of sulfonamides is 1. The first kappa shape index (κ1) is 30.3. The van der Waals surface area contributed by atoms with E-state index < -0.39 is 21.6 Å². The van der Waals surface area contributed by atoms with Crippen molar-refractivity contribution in [1.82, 2.24) is 10.2 Å². The van der Waals surface area contributed by atoms with Gasteiger partial charge in [0, 0.05) is 25.0 Å². The summed E-state index contributed by atoms with van der Waals surface area (Å²) in [5, 5.41) is 2.95. The molecule has 9 heteroatoms. The normalized spacial score (nSPS) is 12.6. The number of amides is 2. The second-order valence-electron chi connectivity index (χ2n) is 10.5. The molecule has 1 atom stereocenters. The number of aryl methyl sites for hydroxylation is 1. The number of rotatable bonds is 11. The number of nitrogens with one attached hydrogen (secondary N) is 1. The zero-order valence-corrected chi connectivity index (χ0v) is 23.8. The molecule has 0 unspecified atom stereocenters. The molecule has 0 aromatic heterocycles. The van der Waals surface area contributed by atoms with Gasteiger partial charge in [-0.1, -0.05) is 31.2 Å². The van der Waals surface area contributed by atoms with Gasteiger partial charge in [0.15, 0.2) is 0 Å². The molecule has 2 aromatic rings. The van der Waals surface area contributed by atoms with Crippen molar-refractivity contribution >= 4 is 27.5 Å². The van der Waals surface area contributed by atoms with Crippen LogP contribution >= 0.6 is 0 Å². The maximum Gasteiger partial charge on any atom is 0.243 e. The van der Waals surface area contributed by atoms with Crippen LogP contribution in [0.1, 0.15) is 63.6 Å². The Labute approximate surface area is 221 Å². The average Bonchev–Trinajstić information content (AvgIpc) is 2.78. The number of carbonyl (C=O) groups excluding carboxylic acids is 2. The Bertz CT molecular complexity index is 1190. The van der Waals surface area contributed by atoms with Gasteiger partial charge in [0.25, 0.3) is 0 Å². The van der Waals surface area contributed by atoms with E-state index in [0.29, 0.717) is 17.7 Å². The van der Waals surface area contributed by atoms with Crippen LogP contribution in [0.3, 0.4) is 0 Å². The highest BCUT2D eigenvalue weighted by Gasteiger charge is 2.31. The fourth-order valence-electron chi connectivity index (χ4n) is 4.15. The topological polar surface area (TPSA) is 86.8 Å². The van der Waals surface area contributed by atoms with Crippen LogP contribution in [-0.4, -0.2) is 49.5 Å². The van der Waals surface area contributed by atoms with Gasteiger partial charge in [-0.25, -0.2) is 12.8 Å². The van der Waals surface area contributed by atoms with Crippen molar-refractivity contribution in [1.29, 1.82) is 0 Å². The third-order valence-corrected chi connectivity index (χ3v) is 7.33. The van der Waals surface area contributed by atoms with Crippen LogP contribution in [0.5, 0.6) is 0 Å². The van der Waals surface area contributed by atoms with Gasteiger partial charge in [0.2, 0.25) is 21.8 Å². The van der Waals surface area contributed by atoms with E-state index in [-0.39, 0.29) is 43.6 Å². The monoisotopic (exact) mass is 533 g/mol. The quantitative estimate of drug-likeness (QED) is 0.453. The predicted octanol–water partition coefficient (Wildman–Crippen LogP) is 4.71. The molecule has 2 amide bonds. The zero-order chi connectivity index (χ0) is 28.0. The van der Waals surface area contributed by atoms with E-state index in [1.807, 2.05) is 53.7 Å². The van der Waals surface area contributed by atoms with Crippen LogP contribution in [0.4, 0.5) is 10.1 Å². The third-order valence-electron chi connectivity index (χ3n) is 6.15. The number of anilines is 1. The van der Waals surface area contributed by atoms with Crippen molar-refractivity contribution in [2.24, 2.45) is 0 Å². The molecule has 2 rings (SSSR count). The Morgan fingerprint density at radius 1 is 1.05 bits per heavy atom. The SMILES string of the molecule is CC[C@H](C(=O)NC(C)(C)C)N(Cc1ccc(F)cc1)C(=O)CCCN(c1cccc(C)c1C)S(C)(=O)=O. The van der Waals surface area contributed by atoms with Gasteiger partial charge in [-0.3, -0.25) is 13.9 Å². The van der Waals surface area contributed by atoms with Crippen LogP contribution in [0.15, 0.2) is 42.5 Å². The van der Waals surface area contributed by atoms with E-state index in [4.69, 9.17) is 0 Å². The second kappa shape index (κ2) is 12.5. The molecule has 0 radical (unpaired) electrons. The first-order valence-electron chi connectivity index (χ1n) is 12.5. The molecule has 0 aliphatic rings. The summed E-state index contributed by atoms with van der Waals surface area (Å²) in [6.45, 7) is 11.5. The number of carbonyl (C=O) groups is 2. The average molecular weight is 534 g/mol. The van der Waals surface area contributed by atoms with Gasteiger partial charge in [-0.15, -0.1) is 0 Å². The van der Waals surface area contributed by atoms with Crippen molar-refractivity contribution in [2.75, 3.05) is 17.1 Å². The van der Waals surface area contributed by atoms with Crippen molar-refractivity contribution in [3.05, 3.63) is 65.0 Å². The lowest BCUT2D eigenvalue weighted by Crippen LogP contribution is -2.53. The highest BCUT2D eigenvalue weighted by molar-refractivity contribution is 7.92. The molecule has 0 heterocycles. The smallest absolute Gasteiger partial charge is 0.243 e. The molecule has 0 bridgehead atoms. The highest BCUT2D eigenvalue weighted by Crippen LogP contribution is 2.25. The van der Waals surface area contributed by atoms with Crippen LogP contribution < -0.4 is 9.62 Å². The van der Waals surface area contributed by atoms with Gasteiger partial charge in [-0.05, 0) is 82.3 Å². The minimum atomic E-state index is -3.57. The first-order chi connectivity index (χ1) is 17.1. The van der Waals surface area contributed by atoms with E-state index in [1.54, 1.807) is 18.2 Å². The molecule has 0 aliphatic carbocycles. The Hall–Kier alpha value is -2.94. The molecule has 1 N–H and O–H groups in total. The molecule has 0 saturated heterocycles. The van der Waals surface area contributed by atoms with E-state index >= 15 is 0 Å². The lowest BCUT2D eigenvalue weighted by molar-refractivity contribution is -0.142. The summed E-state index contributed by atoms with van der Waals surface area (Å²) in [5.74, 6) is -0.917. The van der Waals surface area contributed by atoms with Crippen molar-refractivity contribution < 1.29 is 22.4 Å². The first-order valence-corrected chi connectivity index (χ1v) is 14.4. The fourth-order valence-corrected chi connectivity index (χ4v) is 5.16. The van der Waals surface area contributed by atoms with Gasteiger partial charge in [0.05, 0.1) is 11.9 Å². The zero-order valence-electron chi connectivity index (χ0n) is 23.0. The van der Waals surface area contributed by atoms with Crippen LogP contribution in [0, 0.1) is 19.7 Å². The van der Waals surface area contributed by atoms with E-state index in [9.17, 15) is 22.4 Å². The minimum absolute atomic E-state index is 0.0530. The Morgan fingerprint density at radius 2 is 1.68 bits per heavy atom. The summed E-state index contributed by atoms with van der Waals surface area (Å²) in [7, 11) is -3.57. The summed E-state index contributed by atoms with van der Waals surface area (Å²) in [4.78, 5) is 28.1. The third kappa shape index (κ3) is 8.84. The molecule has 0 fully saturated rings. The summed E-state index contributed by atoms with van der Waals surface area (Å²) in [5.41, 5.74) is 2.65.